The van der Waals surface area contributed by atoms with E-state index >= 15 is 0 Å². The van der Waals surface area contributed by atoms with Crippen molar-refractivity contribution in [3.8, 4) is 5.75 Å². The fourth-order valence-electron chi connectivity index (χ4n) is 1.85. The number of hydrogen-bond donors (Lipinski definition) is 2. The van der Waals surface area contributed by atoms with Crippen LogP contribution >= 0.6 is 11.8 Å². The Balaban J connectivity index is 2.22. The van der Waals surface area contributed by atoms with Crippen LogP contribution in [0.15, 0.2) is 29.2 Å². The molecule has 1 rings (SSSR count). The van der Waals surface area contributed by atoms with Crippen molar-refractivity contribution in [1.82, 2.24) is 5.32 Å². The molecule has 0 aromatic heterocycles. The Morgan fingerprint density at radius 1 is 1.23 bits per heavy atom. The number of ether oxygens (including phenoxy) is 1. The molecule has 0 bridgehead atoms. The van der Waals surface area contributed by atoms with Gasteiger partial charge in [-0.15, -0.1) is 11.8 Å². The summed E-state index contributed by atoms with van der Waals surface area (Å²) in [6.07, 6.45) is 3.83. The average molecular weight is 325 g/mol. The van der Waals surface area contributed by atoms with E-state index in [2.05, 4.69) is 5.32 Å². The lowest BCUT2D eigenvalue weighted by molar-refractivity contribution is -0.137. The fourth-order valence-corrected chi connectivity index (χ4v) is 2.25. The first-order chi connectivity index (χ1) is 10.5. The van der Waals surface area contributed by atoms with Gasteiger partial charge in [0.25, 0.3) is 5.91 Å². The number of carboxylic acid groups (broad SMARTS) is 1. The third-order valence-corrected chi connectivity index (χ3v) is 3.85. The van der Waals surface area contributed by atoms with Crippen molar-refractivity contribution in [1.29, 1.82) is 0 Å². The van der Waals surface area contributed by atoms with E-state index in [-0.39, 0.29) is 12.3 Å². The van der Waals surface area contributed by atoms with Crippen molar-refractivity contribution in [2.45, 2.75) is 43.6 Å². The summed E-state index contributed by atoms with van der Waals surface area (Å²) < 4.78 is 5.59. The molecule has 0 spiro atoms. The minimum atomic E-state index is -0.779. The summed E-state index contributed by atoms with van der Waals surface area (Å²) in [5.74, 6) is -0.271. The number of benzene rings is 1. The first-order valence-corrected chi connectivity index (χ1v) is 8.55. The summed E-state index contributed by atoms with van der Waals surface area (Å²) in [7, 11) is 0. The van der Waals surface area contributed by atoms with E-state index in [9.17, 15) is 9.59 Å². The van der Waals surface area contributed by atoms with Gasteiger partial charge in [0.2, 0.25) is 0 Å². The van der Waals surface area contributed by atoms with Gasteiger partial charge in [-0.05, 0) is 50.3 Å². The molecule has 1 amide bonds. The van der Waals surface area contributed by atoms with Crippen LogP contribution in [-0.2, 0) is 9.59 Å². The Labute approximate surface area is 135 Å². The first kappa shape index (κ1) is 18.4. The molecule has 0 radical (unpaired) electrons. The van der Waals surface area contributed by atoms with Gasteiger partial charge in [0.1, 0.15) is 5.75 Å². The van der Waals surface area contributed by atoms with Gasteiger partial charge in [-0.25, -0.2) is 0 Å². The monoisotopic (exact) mass is 325 g/mol. The summed E-state index contributed by atoms with van der Waals surface area (Å²) in [6.45, 7) is 2.25. The molecule has 1 aromatic rings. The second-order valence-corrected chi connectivity index (χ2v) is 5.81. The maximum Gasteiger partial charge on any atom is 0.303 e. The second-order valence-electron chi connectivity index (χ2n) is 4.93. The van der Waals surface area contributed by atoms with Gasteiger partial charge >= 0.3 is 5.97 Å². The van der Waals surface area contributed by atoms with Gasteiger partial charge in [-0.3, -0.25) is 9.59 Å². The van der Waals surface area contributed by atoms with Crippen LogP contribution in [0.4, 0.5) is 0 Å². The predicted octanol–water partition coefficient (Wildman–Crippen LogP) is 2.94. The molecule has 0 aliphatic rings. The number of carbonyl (C=O) groups is 2. The Bertz CT molecular complexity index is 476. The van der Waals surface area contributed by atoms with E-state index < -0.39 is 12.1 Å². The zero-order valence-electron chi connectivity index (χ0n) is 13.0. The van der Waals surface area contributed by atoms with E-state index in [1.807, 2.05) is 30.5 Å². The SMILES string of the molecule is CSc1ccc(OC(C)C(=O)NCCCCCC(=O)O)cc1. The van der Waals surface area contributed by atoms with Crippen LogP contribution in [0.3, 0.4) is 0 Å². The standard InChI is InChI=1S/C16H23NO4S/c1-12(21-13-7-9-14(22-2)10-8-13)16(20)17-11-5-3-4-6-15(18)19/h7-10,12H,3-6,11H2,1-2H3,(H,17,20)(H,18,19). The van der Waals surface area contributed by atoms with Crippen molar-refractivity contribution in [3.05, 3.63) is 24.3 Å². The smallest absolute Gasteiger partial charge is 0.303 e. The maximum atomic E-state index is 11.9. The molecule has 0 heterocycles. The number of unbranched alkanes of at least 4 members (excludes halogenated alkanes) is 2. The minimum absolute atomic E-state index is 0.160. The van der Waals surface area contributed by atoms with Crippen LogP contribution < -0.4 is 10.1 Å². The molecule has 22 heavy (non-hydrogen) atoms. The van der Waals surface area contributed by atoms with Crippen molar-refractivity contribution >= 4 is 23.6 Å². The topological polar surface area (TPSA) is 75.6 Å². The second kappa shape index (κ2) is 10.1. The van der Waals surface area contributed by atoms with Crippen LogP contribution in [0.2, 0.25) is 0 Å². The zero-order chi connectivity index (χ0) is 16.4. The van der Waals surface area contributed by atoms with Crippen LogP contribution in [0, 0.1) is 0 Å². The molecular formula is C16H23NO4S. The number of amides is 1. The fraction of sp³-hybridized carbons (Fsp3) is 0.500. The Kier molecular flexibility index (Phi) is 8.43. The highest BCUT2D eigenvalue weighted by atomic mass is 32.2. The number of thioether (sulfide) groups is 1. The molecular weight excluding hydrogens is 302 g/mol. The quantitative estimate of drug-likeness (QED) is 0.511. The molecule has 0 saturated heterocycles. The van der Waals surface area contributed by atoms with E-state index in [1.54, 1.807) is 18.7 Å². The number of carboxylic acids is 1. The van der Waals surface area contributed by atoms with Crippen molar-refractivity contribution in [2.24, 2.45) is 0 Å². The zero-order valence-corrected chi connectivity index (χ0v) is 13.8. The Hall–Kier alpha value is -1.69. The average Bonchev–Trinajstić information content (AvgIpc) is 2.50. The molecule has 5 nitrogen and oxygen atoms in total. The van der Waals surface area contributed by atoms with Crippen LogP contribution in [0.25, 0.3) is 0 Å². The Morgan fingerprint density at radius 2 is 1.91 bits per heavy atom. The molecule has 1 aromatic carbocycles. The van der Waals surface area contributed by atoms with E-state index in [0.29, 0.717) is 18.7 Å². The number of rotatable bonds is 10. The lowest BCUT2D eigenvalue weighted by atomic mass is 10.2. The molecule has 0 aliphatic heterocycles. The van der Waals surface area contributed by atoms with Crippen LogP contribution in [-0.4, -0.2) is 35.9 Å². The molecule has 122 valence electrons. The summed E-state index contributed by atoms with van der Waals surface area (Å²) in [6, 6.07) is 7.60. The maximum absolute atomic E-state index is 11.9. The summed E-state index contributed by atoms with van der Waals surface area (Å²) in [5.41, 5.74) is 0. The van der Waals surface area contributed by atoms with Gasteiger partial charge in [0.15, 0.2) is 6.10 Å². The molecule has 1 atom stereocenters. The van der Waals surface area contributed by atoms with Gasteiger partial charge in [0.05, 0.1) is 0 Å². The van der Waals surface area contributed by atoms with Crippen molar-refractivity contribution < 1.29 is 19.4 Å². The Morgan fingerprint density at radius 3 is 2.50 bits per heavy atom. The third-order valence-electron chi connectivity index (χ3n) is 3.11. The minimum Gasteiger partial charge on any atom is -0.481 e. The first-order valence-electron chi connectivity index (χ1n) is 7.33. The van der Waals surface area contributed by atoms with Gasteiger partial charge < -0.3 is 15.2 Å². The van der Waals surface area contributed by atoms with Crippen molar-refractivity contribution in [3.63, 3.8) is 0 Å². The number of aliphatic carboxylic acids is 1. The van der Waals surface area contributed by atoms with Gasteiger partial charge in [0, 0.05) is 17.9 Å². The van der Waals surface area contributed by atoms with Crippen LogP contribution in [0.5, 0.6) is 5.75 Å². The van der Waals surface area contributed by atoms with E-state index in [1.165, 1.54) is 0 Å². The molecule has 0 fully saturated rings. The predicted molar refractivity (Wildman–Crippen MR) is 87.4 cm³/mol. The number of nitrogens with one attached hydrogen (secondary N) is 1. The molecule has 0 aliphatic carbocycles. The summed E-state index contributed by atoms with van der Waals surface area (Å²) in [5, 5.41) is 11.3. The largest absolute Gasteiger partial charge is 0.481 e. The lowest BCUT2D eigenvalue weighted by Crippen LogP contribution is -2.36. The highest BCUT2D eigenvalue weighted by Crippen LogP contribution is 2.19. The van der Waals surface area contributed by atoms with E-state index in [4.69, 9.17) is 9.84 Å². The molecule has 1 unspecified atom stereocenters. The normalized spacial score (nSPS) is 11.7. The highest BCUT2D eigenvalue weighted by molar-refractivity contribution is 7.98. The van der Waals surface area contributed by atoms with E-state index in [0.717, 1.165) is 17.7 Å². The molecule has 0 saturated carbocycles. The summed E-state index contributed by atoms with van der Waals surface area (Å²) >= 11 is 1.65. The lowest BCUT2D eigenvalue weighted by Gasteiger charge is -2.14. The molecule has 6 heteroatoms. The van der Waals surface area contributed by atoms with Gasteiger partial charge in [-0.2, -0.15) is 0 Å². The third kappa shape index (κ3) is 7.36. The highest BCUT2D eigenvalue weighted by Gasteiger charge is 2.13. The molecule has 2 N–H and O–H groups in total. The van der Waals surface area contributed by atoms with Crippen molar-refractivity contribution in [2.75, 3.05) is 12.8 Å². The number of hydrogen-bond acceptors (Lipinski definition) is 4. The van der Waals surface area contributed by atoms with Gasteiger partial charge in [-0.1, -0.05) is 6.42 Å². The summed E-state index contributed by atoms with van der Waals surface area (Å²) in [4.78, 5) is 23.4. The van der Waals surface area contributed by atoms with Crippen LogP contribution in [0.1, 0.15) is 32.6 Å². The number of carbonyl (C=O) groups excluding carboxylic acids is 1.